The largest absolute Gasteiger partial charge is 0.378 e. The quantitative estimate of drug-likeness (QED) is 0.905. The first kappa shape index (κ1) is 15.1. The Morgan fingerprint density at radius 3 is 2.45 bits per heavy atom. The Morgan fingerprint density at radius 2 is 1.77 bits per heavy atom. The van der Waals surface area contributed by atoms with Crippen molar-refractivity contribution >= 4 is 17.4 Å². The van der Waals surface area contributed by atoms with Crippen LogP contribution in [0.5, 0.6) is 0 Å². The highest BCUT2D eigenvalue weighted by Crippen LogP contribution is 2.22. The lowest BCUT2D eigenvalue weighted by molar-refractivity contribution is 0.0564. The van der Waals surface area contributed by atoms with Gasteiger partial charge in [-0.25, -0.2) is 4.79 Å². The van der Waals surface area contributed by atoms with E-state index < -0.39 is 0 Å². The molecule has 2 saturated heterocycles. The van der Waals surface area contributed by atoms with Gasteiger partial charge in [-0.2, -0.15) is 0 Å². The fourth-order valence-electron chi connectivity index (χ4n) is 2.82. The van der Waals surface area contributed by atoms with Crippen LogP contribution in [0.15, 0.2) is 24.3 Å². The minimum absolute atomic E-state index is 0.0595. The summed E-state index contributed by atoms with van der Waals surface area (Å²) in [5.41, 5.74) is 1.99. The highest BCUT2D eigenvalue weighted by atomic mass is 16.5. The molecule has 2 heterocycles. The van der Waals surface area contributed by atoms with Gasteiger partial charge in [-0.15, -0.1) is 0 Å². The Balaban J connectivity index is 1.60. The molecule has 6 nitrogen and oxygen atoms in total. The second kappa shape index (κ2) is 6.98. The molecule has 1 aromatic rings. The summed E-state index contributed by atoms with van der Waals surface area (Å²) in [6.07, 6.45) is 0. The molecule has 3 rings (SSSR count). The molecule has 0 aromatic heterocycles. The van der Waals surface area contributed by atoms with Gasteiger partial charge in [-0.3, -0.25) is 0 Å². The number of ether oxygens (including phenoxy) is 2. The van der Waals surface area contributed by atoms with Gasteiger partial charge in [-0.1, -0.05) is 0 Å². The van der Waals surface area contributed by atoms with Crippen molar-refractivity contribution in [2.75, 3.05) is 56.3 Å². The smallest absolute Gasteiger partial charge is 0.321 e. The molecule has 1 N–H and O–H groups in total. The lowest BCUT2D eigenvalue weighted by Gasteiger charge is -2.35. The van der Waals surface area contributed by atoms with Gasteiger partial charge < -0.3 is 24.6 Å². The third-order valence-electron chi connectivity index (χ3n) is 4.12. The lowest BCUT2D eigenvalue weighted by Crippen LogP contribution is -2.43. The first-order valence-corrected chi connectivity index (χ1v) is 7.82. The van der Waals surface area contributed by atoms with Crippen LogP contribution in [0, 0.1) is 0 Å². The highest BCUT2D eigenvalue weighted by molar-refractivity contribution is 5.89. The average Bonchev–Trinajstić information content (AvgIpc) is 2.57. The van der Waals surface area contributed by atoms with Crippen LogP contribution in [-0.4, -0.2) is 63.0 Å². The van der Waals surface area contributed by atoms with Crippen LogP contribution in [0.3, 0.4) is 0 Å². The van der Waals surface area contributed by atoms with E-state index in [1.165, 1.54) is 5.69 Å². The zero-order chi connectivity index (χ0) is 15.4. The van der Waals surface area contributed by atoms with Crippen molar-refractivity contribution < 1.29 is 14.3 Å². The van der Waals surface area contributed by atoms with E-state index in [0.717, 1.165) is 25.4 Å². The molecule has 2 fully saturated rings. The molecule has 1 unspecified atom stereocenters. The fourth-order valence-corrected chi connectivity index (χ4v) is 2.82. The molecular weight excluding hydrogens is 282 g/mol. The predicted molar refractivity (Wildman–Crippen MR) is 85.5 cm³/mol. The molecule has 0 spiro atoms. The third-order valence-corrected chi connectivity index (χ3v) is 4.12. The first-order chi connectivity index (χ1) is 10.7. The molecule has 2 aliphatic heterocycles. The van der Waals surface area contributed by atoms with E-state index in [0.29, 0.717) is 32.3 Å². The summed E-state index contributed by atoms with van der Waals surface area (Å²) in [5.74, 6) is 0. The Kier molecular flexibility index (Phi) is 4.80. The maximum Gasteiger partial charge on any atom is 0.321 e. The van der Waals surface area contributed by atoms with E-state index in [-0.39, 0.29) is 6.03 Å². The third kappa shape index (κ3) is 3.51. The number of carbonyl (C=O) groups excluding carboxylic acids is 1. The van der Waals surface area contributed by atoms with E-state index in [4.69, 9.17) is 9.47 Å². The highest BCUT2D eigenvalue weighted by Gasteiger charge is 2.19. The van der Waals surface area contributed by atoms with E-state index in [1.54, 1.807) is 4.90 Å². The average molecular weight is 305 g/mol. The van der Waals surface area contributed by atoms with Crippen LogP contribution in [0.25, 0.3) is 0 Å². The van der Waals surface area contributed by atoms with Crippen molar-refractivity contribution in [3.05, 3.63) is 24.3 Å². The number of morpholine rings is 2. The lowest BCUT2D eigenvalue weighted by atomic mass is 10.2. The van der Waals surface area contributed by atoms with Crippen molar-refractivity contribution in [3.8, 4) is 0 Å². The molecular formula is C16H23N3O3. The Morgan fingerprint density at radius 1 is 1.09 bits per heavy atom. The van der Waals surface area contributed by atoms with Crippen molar-refractivity contribution in [3.63, 3.8) is 0 Å². The van der Waals surface area contributed by atoms with Crippen molar-refractivity contribution in [2.24, 2.45) is 0 Å². The van der Waals surface area contributed by atoms with Gasteiger partial charge in [0.15, 0.2) is 0 Å². The number of benzene rings is 1. The molecule has 2 aliphatic rings. The number of hydrogen-bond acceptors (Lipinski definition) is 4. The standard InChI is InChI=1S/C16H23N3O3/c1-13-12-22-11-8-19(13)15-4-2-14(3-5-15)17-16(20)18-6-9-21-10-7-18/h2-5,13H,6-12H2,1H3,(H,17,20). The number of rotatable bonds is 2. The van der Waals surface area contributed by atoms with Crippen molar-refractivity contribution in [2.45, 2.75) is 13.0 Å². The molecule has 0 aliphatic carbocycles. The molecule has 0 bridgehead atoms. The Labute approximate surface area is 131 Å². The van der Waals surface area contributed by atoms with E-state index in [9.17, 15) is 4.79 Å². The summed E-state index contributed by atoms with van der Waals surface area (Å²) in [5, 5.41) is 2.94. The van der Waals surface area contributed by atoms with E-state index >= 15 is 0 Å². The summed E-state index contributed by atoms with van der Waals surface area (Å²) in [6, 6.07) is 8.33. The number of nitrogens with zero attached hydrogens (tertiary/aromatic N) is 2. The van der Waals surface area contributed by atoms with Gasteiger partial charge in [0.1, 0.15) is 0 Å². The second-order valence-corrected chi connectivity index (χ2v) is 5.69. The number of nitrogens with one attached hydrogen (secondary N) is 1. The molecule has 0 radical (unpaired) electrons. The van der Waals surface area contributed by atoms with Gasteiger partial charge in [0, 0.05) is 37.1 Å². The molecule has 1 aromatic carbocycles. The topological polar surface area (TPSA) is 54.0 Å². The molecule has 120 valence electrons. The number of hydrogen-bond donors (Lipinski definition) is 1. The number of urea groups is 1. The molecule has 22 heavy (non-hydrogen) atoms. The molecule has 2 amide bonds. The molecule has 6 heteroatoms. The second-order valence-electron chi connectivity index (χ2n) is 5.69. The molecule has 1 atom stereocenters. The maximum atomic E-state index is 12.1. The number of amides is 2. The molecule has 0 saturated carbocycles. The maximum absolute atomic E-state index is 12.1. The normalized spacial score (nSPS) is 22.5. The summed E-state index contributed by atoms with van der Waals surface area (Å²) in [7, 11) is 0. The minimum atomic E-state index is -0.0595. The number of carbonyl (C=O) groups is 1. The van der Waals surface area contributed by atoms with Crippen LogP contribution >= 0.6 is 0 Å². The summed E-state index contributed by atoms with van der Waals surface area (Å²) < 4.78 is 10.7. The van der Waals surface area contributed by atoms with Crippen LogP contribution < -0.4 is 10.2 Å². The van der Waals surface area contributed by atoms with Crippen LogP contribution in [0.1, 0.15) is 6.92 Å². The van der Waals surface area contributed by atoms with Gasteiger partial charge >= 0.3 is 6.03 Å². The van der Waals surface area contributed by atoms with Crippen LogP contribution in [-0.2, 0) is 9.47 Å². The van der Waals surface area contributed by atoms with Crippen LogP contribution in [0.4, 0.5) is 16.2 Å². The van der Waals surface area contributed by atoms with Crippen molar-refractivity contribution in [1.82, 2.24) is 4.90 Å². The van der Waals surface area contributed by atoms with E-state index in [1.807, 2.05) is 12.1 Å². The zero-order valence-electron chi connectivity index (χ0n) is 13.0. The zero-order valence-corrected chi connectivity index (χ0v) is 13.0. The van der Waals surface area contributed by atoms with Gasteiger partial charge in [-0.05, 0) is 31.2 Å². The summed E-state index contributed by atoms with van der Waals surface area (Å²) in [4.78, 5) is 16.2. The Hall–Kier alpha value is -1.79. The first-order valence-electron chi connectivity index (χ1n) is 7.82. The van der Waals surface area contributed by atoms with Gasteiger partial charge in [0.25, 0.3) is 0 Å². The summed E-state index contributed by atoms with van der Waals surface area (Å²) >= 11 is 0. The van der Waals surface area contributed by atoms with Crippen molar-refractivity contribution in [1.29, 1.82) is 0 Å². The fraction of sp³-hybridized carbons (Fsp3) is 0.562. The van der Waals surface area contributed by atoms with Gasteiger partial charge in [0.05, 0.1) is 26.4 Å². The van der Waals surface area contributed by atoms with E-state index in [2.05, 4.69) is 29.3 Å². The van der Waals surface area contributed by atoms with Gasteiger partial charge in [0.2, 0.25) is 0 Å². The monoisotopic (exact) mass is 305 g/mol. The predicted octanol–water partition coefficient (Wildman–Crippen LogP) is 1.78. The Bertz CT molecular complexity index is 500. The summed E-state index contributed by atoms with van der Waals surface area (Å²) in [6.45, 7) is 7.11. The van der Waals surface area contributed by atoms with Crippen LogP contribution in [0.2, 0.25) is 0 Å². The number of anilines is 2. The minimum Gasteiger partial charge on any atom is -0.378 e. The SMILES string of the molecule is CC1COCCN1c1ccc(NC(=O)N2CCOCC2)cc1.